The number of aromatic nitrogens is 6. The van der Waals surface area contributed by atoms with Gasteiger partial charge in [0, 0.05) is 76.1 Å². The second-order valence-corrected chi connectivity index (χ2v) is 34.7. The van der Waals surface area contributed by atoms with Crippen molar-refractivity contribution >= 4 is 168 Å². The van der Waals surface area contributed by atoms with Gasteiger partial charge in [-0.15, -0.1) is 0 Å². The molecule has 0 saturated carbocycles. The molecule has 4 aromatic carbocycles. The van der Waals surface area contributed by atoms with Gasteiger partial charge in [0.1, 0.15) is 32.7 Å². The van der Waals surface area contributed by atoms with Crippen LogP contribution in [0.25, 0.3) is 33.2 Å². The van der Waals surface area contributed by atoms with Gasteiger partial charge in [-0.3, -0.25) is 18.2 Å². The number of halogens is 4. The fraction of sp³-hybridized carbons (Fsp3) is 0.571. The van der Waals surface area contributed by atoms with Crippen LogP contribution in [0.3, 0.4) is 0 Å². The van der Waals surface area contributed by atoms with Crippen LogP contribution in [0.15, 0.2) is 114 Å². The maximum absolute atomic E-state index is 11.9. The van der Waals surface area contributed by atoms with Gasteiger partial charge >= 0.3 is 174 Å². The number of nitrogens with two attached hydrogens (primary N) is 3. The summed E-state index contributed by atoms with van der Waals surface area (Å²) in [5.41, 5.74) is 19.2. The molecular formula is C77H124B4BrClCs2FIN9NaO22S2. The third-order valence-electron chi connectivity index (χ3n) is 18.0. The summed E-state index contributed by atoms with van der Waals surface area (Å²) in [4.78, 5) is 38.4. The van der Waals surface area contributed by atoms with E-state index in [0.29, 0.717) is 86.4 Å². The minimum Gasteiger partial charge on any atom is -1.00 e. The van der Waals surface area contributed by atoms with Crippen LogP contribution in [0.5, 0.6) is 0 Å². The Balaban J connectivity index is -0.000000203. The second kappa shape index (κ2) is 63.2. The number of benzene rings is 4. The van der Waals surface area contributed by atoms with Crippen molar-refractivity contribution in [1.29, 1.82) is 0 Å². The molecular weight excluding hydrogens is 2060 g/mol. The first-order valence-electron chi connectivity index (χ1n) is 36.2. The van der Waals surface area contributed by atoms with Crippen LogP contribution < -0.4 is 195 Å². The Bertz CT molecular complexity index is 4420. The van der Waals surface area contributed by atoms with Crippen LogP contribution in [0, 0.1) is 17.5 Å². The number of aliphatic hydroxyl groups is 4. The number of alkyl halides is 1. The topological polar surface area (TPSA) is 463 Å². The van der Waals surface area contributed by atoms with E-state index in [1.54, 1.807) is 91.8 Å². The van der Waals surface area contributed by atoms with Gasteiger partial charge in [-0.2, -0.15) is 23.5 Å². The summed E-state index contributed by atoms with van der Waals surface area (Å²) < 4.78 is 118. The van der Waals surface area contributed by atoms with Crippen LogP contribution in [0.1, 0.15) is 186 Å². The fourth-order valence-electron chi connectivity index (χ4n) is 9.15. The van der Waals surface area contributed by atoms with Crippen molar-refractivity contribution in [3.05, 3.63) is 111 Å². The third kappa shape index (κ3) is 47.1. The van der Waals surface area contributed by atoms with Crippen molar-refractivity contribution < 1.29 is 279 Å². The number of aryl methyl sites for hydroxylation is 2. The van der Waals surface area contributed by atoms with Gasteiger partial charge in [0.05, 0.1) is 96.5 Å². The number of ether oxygens (including phenoxy) is 4. The Morgan fingerprint density at radius 3 is 1.49 bits per heavy atom. The molecule has 0 spiro atoms. The first-order chi connectivity index (χ1) is 53.1. The molecule has 0 aliphatic carbocycles. The van der Waals surface area contributed by atoms with Gasteiger partial charge < -0.3 is 92.4 Å². The molecule has 9 heterocycles. The summed E-state index contributed by atoms with van der Waals surface area (Å²) in [6.45, 7) is 30.4. The SMILES string of the molecule is C.C.C.C.CC(C)(O)C(C)(C)O.CC1(C)OB(c2ccc3oc(N)nc3c2)OC1(C)C.Cc1ccc(S(=O)(=O)Cl)cc1.Cc1ccc(S(=O)(=O)OC2CCOCC2)cc1.Nc1nc2cc(Br)ccc2o1.Nc1ncnc2c1c(I)nn2C1CCOCC1.O=C1CCOCC1.O=CO[O-].OC1CCOCC1.[2H]CF.[B].[B][B]OC(C)(C)C(C)(C)O.[Cs+].[Cs+].[H-].[H-].[Na+]. The minimum absolute atomic E-state index is 0. The van der Waals surface area contributed by atoms with Crippen LogP contribution in [0.2, 0.25) is 0 Å². The molecule has 31 nitrogen and oxygen atoms in total. The first-order valence-corrected chi connectivity index (χ1v) is 41.1. The van der Waals surface area contributed by atoms with Crippen LogP contribution in [-0.4, -0.2) is 216 Å². The number of aliphatic hydroxyl groups excluding tert-OH is 1. The number of rotatable bonds is 11. The summed E-state index contributed by atoms with van der Waals surface area (Å²) in [6.07, 6.45) is 7.23. The van der Waals surface area contributed by atoms with E-state index < -0.39 is 55.8 Å². The molecule has 0 atom stereocenters. The van der Waals surface area contributed by atoms with E-state index in [1.807, 2.05) is 82.6 Å². The molecule has 5 aliphatic heterocycles. The standard InChI is InChI=1S/C13H17BN2O3.C12H16O4S.C10H12IN5O.C7H5BrN2O.C7H7ClO2S.C6H13B2O2.C6H14O2.C5H10O2.C5H8O2.CH3F.CH2O3.4CH4.B.2Cs.Na.2H/c1-12(2)13(3,4)19-14(18-12)8-5-6-10-9(7-8)16-11(15)17-10;1-10-2-4-12(5-3-10)17(13,14)16-11-6-8-15-9-7-11;11-8-7-9(12)13-5-14-10(7)16(15-8)6-1-3-17-4-2-6;8-4-1-2-6-5(3-4)10-7(9)11-6;1-6-2-4-7(5-3-6)11(8,9)10;1-5(2,9)6(3,4)10-8-7;1-5(2,7)6(3,4)8;2*6-5-1-3-7-4-2-5;1-2;2-1-4-3;;;;;;;;;;/h5-7H,1-4H3,(H2,15,16);2-5,11H,6-9H2,1H3;5-6H,1-4H2,(H2,12,13,14);1-3H,(H2,9,10);2-5H,1H3;9H,1-4H3;7-8H,1-4H3;5-6H,1-4H2;1-4H2;1H3;1,3H;4*1H4;;;;;;/q;;;;;;;;;;;;;;;;3*+1;2*-1/p-1/i;;;;;;;;;1D;;;;;;;;;;;. The number of anilines is 3. The predicted octanol–water partition coefficient (Wildman–Crippen LogP) is 2.78. The number of hydrogen-bond donors (Lipinski definition) is 7. The molecule has 664 valence electrons. The van der Waals surface area contributed by atoms with Gasteiger partial charge in [-0.05, 0) is 218 Å². The minimum atomic E-state index is -3.63. The number of carbonyl (C=O) groups is 2. The maximum Gasteiger partial charge on any atom is 1.00 e. The molecule has 121 heavy (non-hydrogen) atoms. The monoisotopic (exact) mass is 2180 g/mol. The number of fused-ring (bicyclic) bond motifs is 3. The molecule has 4 aromatic heterocycles. The largest absolute Gasteiger partial charge is 1.00 e. The Morgan fingerprint density at radius 1 is 0.711 bits per heavy atom. The van der Waals surface area contributed by atoms with Crippen molar-refractivity contribution in [3.63, 3.8) is 0 Å². The molecule has 0 amide bonds. The molecule has 5 aliphatic rings. The number of nitrogen functional groups attached to an aromatic ring is 3. The van der Waals surface area contributed by atoms with E-state index in [4.69, 9.17) is 108 Å². The summed E-state index contributed by atoms with van der Waals surface area (Å²) in [5.74, 6) is 0.837. The van der Waals surface area contributed by atoms with E-state index in [9.17, 15) is 31.1 Å². The number of hydrogen-bond acceptors (Lipinski definition) is 30. The molecule has 8 aromatic rings. The smallest absolute Gasteiger partial charge is 1.00 e. The summed E-state index contributed by atoms with van der Waals surface area (Å²) in [6, 6.07) is 25.0. The summed E-state index contributed by atoms with van der Waals surface area (Å²) in [5, 5.41) is 50.3. The number of nitrogens with zero attached hydrogens (tertiary/aromatic N) is 6. The zero-order chi connectivity index (χ0) is 86.1. The van der Waals surface area contributed by atoms with Gasteiger partial charge in [0.2, 0.25) is 7.37 Å². The Labute approximate surface area is 890 Å². The zero-order valence-electron chi connectivity index (χ0n) is 72.7. The Morgan fingerprint density at radius 2 is 1.12 bits per heavy atom. The van der Waals surface area contributed by atoms with E-state index >= 15 is 0 Å². The zero-order valence-corrected chi connectivity index (χ0v) is 90.4. The third-order valence-corrected chi connectivity index (χ3v) is 22.0. The number of carbonyl (C=O) groups excluding carboxylic acids is 2. The van der Waals surface area contributed by atoms with Crippen molar-refractivity contribution in [2.45, 2.75) is 240 Å². The van der Waals surface area contributed by atoms with Crippen molar-refractivity contribution in [1.82, 2.24) is 29.7 Å². The Hall–Kier alpha value is -0.916. The van der Waals surface area contributed by atoms with E-state index in [2.05, 4.69) is 68.4 Å². The van der Waals surface area contributed by atoms with Crippen molar-refractivity contribution in [2.75, 3.05) is 77.2 Å². The van der Waals surface area contributed by atoms with Gasteiger partial charge in [0.25, 0.3) is 37.7 Å². The molecule has 44 heteroatoms. The number of oxazole rings is 2. The summed E-state index contributed by atoms with van der Waals surface area (Å²) >= 11 is 5.50. The van der Waals surface area contributed by atoms with Crippen LogP contribution in [0.4, 0.5) is 22.2 Å². The average molecular weight is 2190 g/mol. The molecule has 10 N–H and O–H groups in total. The normalized spacial score (nSPS) is 15.5. The first kappa shape index (κ1) is 129. The van der Waals surface area contributed by atoms with E-state index in [0.717, 1.165) is 101 Å². The van der Waals surface area contributed by atoms with Crippen LogP contribution >= 0.6 is 49.2 Å². The molecule has 6 radical (unpaired) electrons. The van der Waals surface area contributed by atoms with Gasteiger partial charge in [0.15, 0.2) is 16.8 Å². The van der Waals surface area contributed by atoms with Crippen molar-refractivity contribution in [3.8, 4) is 0 Å². The number of Topliss-reactive ketones (excluding diaryl/α,β-unsaturated/α-hetero) is 1. The molecule has 13 rings (SSSR count). The van der Waals surface area contributed by atoms with Gasteiger partial charge in [-0.1, -0.05) is 87.1 Å². The number of ketones is 1. The van der Waals surface area contributed by atoms with Crippen LogP contribution in [-0.2, 0) is 70.7 Å². The Kier molecular flexibility index (Phi) is 67.2. The molecule has 0 bridgehead atoms. The van der Waals surface area contributed by atoms with Crippen molar-refractivity contribution in [2.24, 2.45) is 0 Å². The maximum atomic E-state index is 11.9. The average Bonchev–Trinajstić information content (AvgIpc) is 1.62. The fourth-order valence-corrected chi connectivity index (χ4v) is 12.2. The quantitative estimate of drug-likeness (QED) is 0.0186. The predicted molar refractivity (Wildman–Crippen MR) is 475 cm³/mol. The molecule has 0 unspecified atom stereocenters. The summed E-state index contributed by atoms with van der Waals surface area (Å²) in [7, 11) is 2.66. The van der Waals surface area contributed by atoms with E-state index in [1.165, 1.54) is 18.5 Å². The molecule has 5 fully saturated rings. The van der Waals surface area contributed by atoms with Gasteiger partial charge in [-0.25, -0.2) is 23.1 Å². The van der Waals surface area contributed by atoms with E-state index in [-0.39, 0.29) is 260 Å². The second-order valence-electron chi connectivity index (χ2n) is 28.6. The molecule has 5 saturated heterocycles.